The van der Waals surface area contributed by atoms with E-state index < -0.39 is 0 Å². The first-order chi connectivity index (χ1) is 10.1. The highest BCUT2D eigenvalue weighted by molar-refractivity contribution is 6.30. The summed E-state index contributed by atoms with van der Waals surface area (Å²) in [6.45, 7) is 2.00. The molecular weight excluding hydrogens is 284 g/mol. The van der Waals surface area contributed by atoms with Crippen LogP contribution in [-0.2, 0) is 18.9 Å². The van der Waals surface area contributed by atoms with E-state index in [4.69, 9.17) is 17.4 Å². The van der Waals surface area contributed by atoms with Crippen molar-refractivity contribution in [3.63, 3.8) is 0 Å². The fraction of sp³-hybridized carbons (Fsp3) is 0.438. The maximum atomic E-state index is 6.36. The molecule has 0 amide bonds. The Balaban J connectivity index is 1.89. The van der Waals surface area contributed by atoms with Crippen molar-refractivity contribution in [2.24, 2.45) is 12.9 Å². The molecule has 3 N–H and O–H groups in total. The number of aryl methyl sites for hydroxylation is 2. The summed E-state index contributed by atoms with van der Waals surface area (Å²) in [5.74, 6) is 5.87. The van der Waals surface area contributed by atoms with E-state index in [0.29, 0.717) is 5.15 Å². The predicted molar refractivity (Wildman–Crippen MR) is 85.1 cm³/mol. The Hall–Kier alpha value is -1.36. The lowest BCUT2D eigenvalue weighted by Gasteiger charge is -2.27. The van der Waals surface area contributed by atoms with Gasteiger partial charge < -0.3 is 0 Å². The molecule has 1 aliphatic rings. The van der Waals surface area contributed by atoms with Crippen LogP contribution in [0, 0.1) is 6.92 Å². The minimum Gasteiger partial charge on any atom is -0.271 e. The minimum absolute atomic E-state index is 0.127. The van der Waals surface area contributed by atoms with Crippen LogP contribution >= 0.6 is 11.6 Å². The molecule has 1 heterocycles. The molecule has 112 valence electrons. The van der Waals surface area contributed by atoms with Crippen molar-refractivity contribution in [1.29, 1.82) is 0 Å². The molecule has 1 unspecified atom stereocenters. The second-order valence-corrected chi connectivity index (χ2v) is 6.28. The Bertz CT molecular complexity index is 631. The summed E-state index contributed by atoms with van der Waals surface area (Å²) in [6.07, 6.45) is 3.11. The second-order valence-electron chi connectivity index (χ2n) is 5.92. The van der Waals surface area contributed by atoms with Crippen molar-refractivity contribution in [3.05, 3.63) is 52.3 Å². The maximum absolute atomic E-state index is 6.36. The van der Waals surface area contributed by atoms with Crippen LogP contribution in [0.2, 0.25) is 5.15 Å². The Morgan fingerprint density at radius 3 is 2.52 bits per heavy atom. The summed E-state index contributed by atoms with van der Waals surface area (Å²) in [5.41, 5.74) is 6.56. The number of hydrogen-bond donors (Lipinski definition) is 2. The van der Waals surface area contributed by atoms with Gasteiger partial charge in [-0.25, -0.2) is 0 Å². The molecule has 1 atom stereocenters. The first-order valence-electron chi connectivity index (χ1n) is 7.28. The van der Waals surface area contributed by atoms with Crippen LogP contribution in [0.4, 0.5) is 0 Å². The van der Waals surface area contributed by atoms with Gasteiger partial charge in [-0.3, -0.25) is 16.0 Å². The van der Waals surface area contributed by atoms with Crippen molar-refractivity contribution in [2.45, 2.75) is 37.6 Å². The van der Waals surface area contributed by atoms with Crippen LogP contribution in [0.1, 0.15) is 29.7 Å². The van der Waals surface area contributed by atoms with E-state index in [0.717, 1.165) is 30.5 Å². The normalized spacial score (nSPS) is 17.7. The van der Waals surface area contributed by atoms with Crippen LogP contribution < -0.4 is 11.3 Å². The van der Waals surface area contributed by atoms with Gasteiger partial charge in [-0.2, -0.15) is 5.10 Å². The van der Waals surface area contributed by atoms with E-state index in [9.17, 15) is 0 Å². The zero-order valence-electron chi connectivity index (χ0n) is 12.4. The highest BCUT2D eigenvalue weighted by atomic mass is 35.5. The number of nitrogens with zero attached hydrogens (tertiary/aromatic N) is 2. The summed E-state index contributed by atoms with van der Waals surface area (Å²) in [5, 5.41) is 5.09. The Kier molecular flexibility index (Phi) is 3.78. The highest BCUT2D eigenvalue weighted by Gasteiger charge is 2.50. The van der Waals surface area contributed by atoms with Gasteiger partial charge in [-0.05, 0) is 31.7 Å². The van der Waals surface area contributed by atoms with Gasteiger partial charge in [-0.15, -0.1) is 0 Å². The van der Waals surface area contributed by atoms with E-state index in [2.05, 4.69) is 34.8 Å². The maximum Gasteiger partial charge on any atom is 0.130 e. The third-order valence-electron chi connectivity index (χ3n) is 4.68. The molecule has 0 radical (unpaired) electrons. The monoisotopic (exact) mass is 304 g/mol. The molecule has 1 aromatic heterocycles. The zero-order valence-corrected chi connectivity index (χ0v) is 13.2. The SMILES string of the molecule is Cc1nn(C)c(Cl)c1CC(NN)C1(c2ccccc2)CC1. The van der Waals surface area contributed by atoms with Crippen molar-refractivity contribution < 1.29 is 0 Å². The first-order valence-corrected chi connectivity index (χ1v) is 7.66. The molecule has 3 rings (SSSR count). The average molecular weight is 305 g/mol. The van der Waals surface area contributed by atoms with Crippen LogP contribution in [0.5, 0.6) is 0 Å². The molecule has 5 heteroatoms. The smallest absolute Gasteiger partial charge is 0.130 e. The molecule has 2 aromatic rings. The van der Waals surface area contributed by atoms with E-state index in [-0.39, 0.29) is 11.5 Å². The van der Waals surface area contributed by atoms with Gasteiger partial charge in [-0.1, -0.05) is 41.9 Å². The van der Waals surface area contributed by atoms with E-state index in [1.807, 2.05) is 20.0 Å². The van der Waals surface area contributed by atoms with Gasteiger partial charge in [0.2, 0.25) is 0 Å². The van der Waals surface area contributed by atoms with Gasteiger partial charge >= 0.3 is 0 Å². The standard InChI is InChI=1S/C16H21ClN4/c1-11-13(15(17)21(2)20-11)10-14(19-18)16(8-9-16)12-6-4-3-5-7-12/h3-7,14,19H,8-10,18H2,1-2H3. The van der Waals surface area contributed by atoms with Crippen molar-refractivity contribution in [2.75, 3.05) is 0 Å². The van der Waals surface area contributed by atoms with Crippen molar-refractivity contribution in [3.8, 4) is 0 Å². The molecule has 0 aliphatic heterocycles. The van der Waals surface area contributed by atoms with Crippen LogP contribution in [-0.4, -0.2) is 15.8 Å². The molecular formula is C16H21ClN4. The van der Waals surface area contributed by atoms with Gasteiger partial charge in [0.1, 0.15) is 5.15 Å². The van der Waals surface area contributed by atoms with Crippen molar-refractivity contribution in [1.82, 2.24) is 15.2 Å². The van der Waals surface area contributed by atoms with Crippen LogP contribution in [0.3, 0.4) is 0 Å². The summed E-state index contributed by atoms with van der Waals surface area (Å²) in [6, 6.07) is 10.8. The van der Waals surface area contributed by atoms with E-state index >= 15 is 0 Å². The fourth-order valence-electron chi connectivity index (χ4n) is 3.27. The number of nitrogens with one attached hydrogen (secondary N) is 1. The summed E-state index contributed by atoms with van der Waals surface area (Å²) < 4.78 is 1.72. The van der Waals surface area contributed by atoms with Crippen LogP contribution in [0.25, 0.3) is 0 Å². The number of rotatable bonds is 5. The lowest BCUT2D eigenvalue weighted by atomic mass is 9.85. The summed E-state index contributed by atoms with van der Waals surface area (Å²) in [4.78, 5) is 0. The molecule has 1 saturated carbocycles. The van der Waals surface area contributed by atoms with Gasteiger partial charge in [0.25, 0.3) is 0 Å². The lowest BCUT2D eigenvalue weighted by Crippen LogP contribution is -2.45. The van der Waals surface area contributed by atoms with Crippen LogP contribution in [0.15, 0.2) is 30.3 Å². The van der Waals surface area contributed by atoms with Gasteiger partial charge in [0, 0.05) is 24.1 Å². The third kappa shape index (κ3) is 2.48. The number of aromatic nitrogens is 2. The third-order valence-corrected chi connectivity index (χ3v) is 5.16. The molecule has 1 aromatic carbocycles. The molecule has 1 aliphatic carbocycles. The largest absolute Gasteiger partial charge is 0.271 e. The van der Waals surface area contributed by atoms with Gasteiger partial charge in [0.05, 0.1) is 5.69 Å². The van der Waals surface area contributed by atoms with E-state index in [1.165, 1.54) is 5.56 Å². The Labute approximate surface area is 130 Å². The molecule has 1 fully saturated rings. The average Bonchev–Trinajstić information content (AvgIpc) is 3.25. The first kappa shape index (κ1) is 14.6. The van der Waals surface area contributed by atoms with E-state index in [1.54, 1.807) is 4.68 Å². The zero-order chi connectivity index (χ0) is 15.0. The quantitative estimate of drug-likeness (QED) is 0.659. The number of benzene rings is 1. The molecule has 4 nitrogen and oxygen atoms in total. The molecule has 0 saturated heterocycles. The fourth-order valence-corrected chi connectivity index (χ4v) is 3.52. The highest BCUT2D eigenvalue weighted by Crippen LogP contribution is 2.51. The Morgan fingerprint density at radius 2 is 2.05 bits per heavy atom. The van der Waals surface area contributed by atoms with Gasteiger partial charge in [0.15, 0.2) is 0 Å². The minimum atomic E-state index is 0.127. The molecule has 0 spiro atoms. The summed E-state index contributed by atoms with van der Waals surface area (Å²) in [7, 11) is 1.87. The lowest BCUT2D eigenvalue weighted by molar-refractivity contribution is 0.420. The summed E-state index contributed by atoms with van der Waals surface area (Å²) >= 11 is 6.36. The number of hydrazine groups is 1. The predicted octanol–water partition coefficient (Wildman–Crippen LogP) is 2.49. The topological polar surface area (TPSA) is 55.9 Å². The van der Waals surface area contributed by atoms with Crippen molar-refractivity contribution >= 4 is 11.6 Å². The Morgan fingerprint density at radius 1 is 1.38 bits per heavy atom. The number of hydrogen-bond acceptors (Lipinski definition) is 3. The molecule has 21 heavy (non-hydrogen) atoms. The second kappa shape index (κ2) is 5.44. The number of halogens is 1. The molecule has 0 bridgehead atoms. The number of nitrogens with two attached hydrogens (primary N) is 1.